The maximum Gasteiger partial charge on any atom is 0.306 e. The Morgan fingerprint density at radius 3 is 2.78 bits per heavy atom. The number of aryl methyl sites for hydroxylation is 2. The number of carbonyl (C=O) groups is 1. The Kier molecular flexibility index (Phi) is 4.66. The van der Waals surface area contributed by atoms with Gasteiger partial charge >= 0.3 is 5.97 Å². The molecule has 5 heteroatoms. The van der Waals surface area contributed by atoms with Crippen LogP contribution in [0.1, 0.15) is 24.0 Å². The SMILES string of the molecule is Cn1nnc2cc(COC(=O)CCCc3ccccc3)ccc21. The van der Waals surface area contributed by atoms with Crippen molar-refractivity contribution in [3.63, 3.8) is 0 Å². The summed E-state index contributed by atoms with van der Waals surface area (Å²) in [5, 5.41) is 8.02. The minimum absolute atomic E-state index is 0.167. The van der Waals surface area contributed by atoms with Crippen LogP contribution < -0.4 is 0 Å². The number of benzene rings is 2. The van der Waals surface area contributed by atoms with Gasteiger partial charge in [-0.3, -0.25) is 4.79 Å². The molecule has 3 rings (SSSR count). The molecule has 0 atom stereocenters. The van der Waals surface area contributed by atoms with E-state index in [2.05, 4.69) is 22.4 Å². The van der Waals surface area contributed by atoms with Crippen LogP contribution in [0, 0.1) is 0 Å². The van der Waals surface area contributed by atoms with Crippen molar-refractivity contribution < 1.29 is 9.53 Å². The maximum atomic E-state index is 11.8. The van der Waals surface area contributed by atoms with E-state index in [0.29, 0.717) is 6.42 Å². The van der Waals surface area contributed by atoms with Gasteiger partial charge in [0.25, 0.3) is 0 Å². The molecule has 0 saturated carbocycles. The highest BCUT2D eigenvalue weighted by atomic mass is 16.5. The van der Waals surface area contributed by atoms with E-state index in [1.165, 1.54) is 5.56 Å². The molecular formula is C18H19N3O2. The molecule has 0 N–H and O–H groups in total. The number of nitrogens with zero attached hydrogens (tertiary/aromatic N) is 3. The van der Waals surface area contributed by atoms with E-state index in [9.17, 15) is 4.79 Å². The smallest absolute Gasteiger partial charge is 0.306 e. The minimum atomic E-state index is -0.167. The van der Waals surface area contributed by atoms with E-state index < -0.39 is 0 Å². The lowest BCUT2D eigenvalue weighted by Gasteiger charge is -2.05. The first-order valence-electron chi connectivity index (χ1n) is 7.70. The highest BCUT2D eigenvalue weighted by Gasteiger charge is 2.06. The van der Waals surface area contributed by atoms with Crippen LogP contribution in [0.2, 0.25) is 0 Å². The molecule has 5 nitrogen and oxygen atoms in total. The normalized spacial score (nSPS) is 10.8. The Balaban J connectivity index is 1.46. The zero-order chi connectivity index (χ0) is 16.1. The van der Waals surface area contributed by atoms with Crippen LogP contribution >= 0.6 is 0 Å². The van der Waals surface area contributed by atoms with Gasteiger partial charge in [0.2, 0.25) is 0 Å². The van der Waals surface area contributed by atoms with E-state index >= 15 is 0 Å². The van der Waals surface area contributed by atoms with Gasteiger partial charge in [0.1, 0.15) is 12.1 Å². The second kappa shape index (κ2) is 7.05. The van der Waals surface area contributed by atoms with Gasteiger partial charge < -0.3 is 4.74 Å². The van der Waals surface area contributed by atoms with Gasteiger partial charge in [0.15, 0.2) is 0 Å². The number of hydrogen-bond donors (Lipinski definition) is 0. The number of carbonyl (C=O) groups excluding carboxylic acids is 1. The molecule has 2 aromatic carbocycles. The van der Waals surface area contributed by atoms with Crippen LogP contribution in [0.4, 0.5) is 0 Å². The van der Waals surface area contributed by atoms with E-state index in [-0.39, 0.29) is 12.6 Å². The number of fused-ring (bicyclic) bond motifs is 1. The highest BCUT2D eigenvalue weighted by Crippen LogP contribution is 2.14. The van der Waals surface area contributed by atoms with Crippen LogP contribution in [0.15, 0.2) is 48.5 Å². The Bertz CT molecular complexity index is 796. The highest BCUT2D eigenvalue weighted by molar-refractivity contribution is 5.75. The maximum absolute atomic E-state index is 11.8. The average molecular weight is 309 g/mol. The third-order valence-electron chi connectivity index (χ3n) is 3.76. The van der Waals surface area contributed by atoms with Crippen LogP contribution in [0.3, 0.4) is 0 Å². The van der Waals surface area contributed by atoms with Gasteiger partial charge in [-0.25, -0.2) is 4.68 Å². The van der Waals surface area contributed by atoms with E-state index in [1.54, 1.807) is 4.68 Å². The van der Waals surface area contributed by atoms with Crippen molar-refractivity contribution in [3.05, 3.63) is 59.7 Å². The van der Waals surface area contributed by atoms with Crippen LogP contribution in [0.25, 0.3) is 11.0 Å². The van der Waals surface area contributed by atoms with Crippen molar-refractivity contribution in [2.45, 2.75) is 25.9 Å². The molecule has 3 aromatic rings. The first-order valence-corrected chi connectivity index (χ1v) is 7.70. The molecule has 0 aliphatic carbocycles. The van der Waals surface area contributed by atoms with Crippen LogP contribution in [-0.4, -0.2) is 21.0 Å². The molecule has 0 bridgehead atoms. The molecule has 0 saturated heterocycles. The molecule has 0 fully saturated rings. The van der Waals surface area contributed by atoms with Crippen molar-refractivity contribution in [2.24, 2.45) is 7.05 Å². The lowest BCUT2D eigenvalue weighted by Crippen LogP contribution is -2.05. The largest absolute Gasteiger partial charge is 0.461 e. The van der Waals surface area contributed by atoms with Gasteiger partial charge in [-0.2, -0.15) is 0 Å². The third-order valence-corrected chi connectivity index (χ3v) is 3.76. The monoisotopic (exact) mass is 309 g/mol. The van der Waals surface area contributed by atoms with Crippen molar-refractivity contribution in [1.29, 1.82) is 0 Å². The zero-order valence-corrected chi connectivity index (χ0v) is 13.1. The zero-order valence-electron chi connectivity index (χ0n) is 13.1. The molecular weight excluding hydrogens is 290 g/mol. The molecule has 0 spiro atoms. The number of hydrogen-bond acceptors (Lipinski definition) is 4. The summed E-state index contributed by atoms with van der Waals surface area (Å²) in [4.78, 5) is 11.8. The molecule has 0 radical (unpaired) electrons. The summed E-state index contributed by atoms with van der Waals surface area (Å²) in [5.74, 6) is -0.167. The summed E-state index contributed by atoms with van der Waals surface area (Å²) < 4.78 is 7.04. The Morgan fingerprint density at radius 1 is 1.13 bits per heavy atom. The molecule has 1 aromatic heterocycles. The topological polar surface area (TPSA) is 57.0 Å². The standard InChI is InChI=1S/C18H19N3O2/c1-21-17-11-10-15(12-16(17)19-20-21)13-23-18(22)9-5-8-14-6-3-2-4-7-14/h2-4,6-7,10-12H,5,8-9,13H2,1H3. The molecule has 0 aliphatic rings. The van der Waals surface area contributed by atoms with Gasteiger partial charge in [-0.15, -0.1) is 5.10 Å². The summed E-state index contributed by atoms with van der Waals surface area (Å²) in [7, 11) is 1.85. The fraction of sp³-hybridized carbons (Fsp3) is 0.278. The van der Waals surface area contributed by atoms with Crippen molar-refractivity contribution >= 4 is 17.0 Å². The summed E-state index contributed by atoms with van der Waals surface area (Å²) in [6.07, 6.45) is 2.12. The van der Waals surface area contributed by atoms with Gasteiger partial charge in [0, 0.05) is 13.5 Å². The summed E-state index contributed by atoms with van der Waals surface area (Å²) in [6, 6.07) is 15.9. The van der Waals surface area contributed by atoms with Crippen molar-refractivity contribution in [2.75, 3.05) is 0 Å². The van der Waals surface area contributed by atoms with Crippen LogP contribution in [0.5, 0.6) is 0 Å². The molecule has 1 heterocycles. The number of rotatable bonds is 6. The summed E-state index contributed by atoms with van der Waals surface area (Å²) >= 11 is 0. The van der Waals surface area contributed by atoms with Gasteiger partial charge in [0.05, 0.1) is 5.52 Å². The Morgan fingerprint density at radius 2 is 1.96 bits per heavy atom. The quantitative estimate of drug-likeness (QED) is 0.657. The number of ether oxygens (including phenoxy) is 1. The van der Waals surface area contributed by atoms with E-state index in [0.717, 1.165) is 29.4 Å². The third kappa shape index (κ3) is 3.94. The van der Waals surface area contributed by atoms with Crippen molar-refractivity contribution in [3.8, 4) is 0 Å². The Hall–Kier alpha value is -2.69. The molecule has 23 heavy (non-hydrogen) atoms. The predicted octanol–water partition coefficient (Wildman–Crippen LogP) is 3.03. The van der Waals surface area contributed by atoms with E-state index in [4.69, 9.17) is 4.74 Å². The summed E-state index contributed by atoms with van der Waals surface area (Å²) in [5.41, 5.74) is 3.94. The Labute approximate surface area is 134 Å². The fourth-order valence-corrected chi connectivity index (χ4v) is 2.49. The second-order valence-electron chi connectivity index (χ2n) is 5.54. The van der Waals surface area contributed by atoms with E-state index in [1.807, 2.05) is 43.4 Å². The molecule has 0 aliphatic heterocycles. The first-order chi connectivity index (χ1) is 11.2. The molecule has 0 unspecified atom stereocenters. The van der Waals surface area contributed by atoms with Crippen molar-refractivity contribution in [1.82, 2.24) is 15.0 Å². The average Bonchev–Trinajstić information content (AvgIpc) is 2.95. The van der Waals surface area contributed by atoms with Gasteiger partial charge in [-0.1, -0.05) is 41.6 Å². The van der Waals surface area contributed by atoms with Crippen LogP contribution in [-0.2, 0) is 29.6 Å². The molecule has 0 amide bonds. The molecule has 118 valence electrons. The van der Waals surface area contributed by atoms with Gasteiger partial charge in [-0.05, 0) is 36.1 Å². The second-order valence-corrected chi connectivity index (χ2v) is 5.54. The summed E-state index contributed by atoms with van der Waals surface area (Å²) in [6.45, 7) is 0.274. The number of aromatic nitrogens is 3. The first kappa shape index (κ1) is 15.2. The lowest BCUT2D eigenvalue weighted by molar-refractivity contribution is -0.145. The minimum Gasteiger partial charge on any atom is -0.461 e. The number of esters is 1. The fourth-order valence-electron chi connectivity index (χ4n) is 2.49. The predicted molar refractivity (Wildman–Crippen MR) is 87.7 cm³/mol. The lowest BCUT2D eigenvalue weighted by atomic mass is 10.1.